The van der Waals surface area contributed by atoms with E-state index in [4.69, 9.17) is 15.9 Å². The highest BCUT2D eigenvalue weighted by Crippen LogP contribution is 2.28. The van der Waals surface area contributed by atoms with Crippen molar-refractivity contribution in [2.24, 2.45) is 5.73 Å². The molecule has 6 nitrogen and oxygen atoms in total. The maximum atomic E-state index is 12.2. The van der Waals surface area contributed by atoms with Crippen molar-refractivity contribution in [2.45, 2.75) is 37.6 Å². The van der Waals surface area contributed by atoms with Gasteiger partial charge < -0.3 is 21.1 Å². The van der Waals surface area contributed by atoms with E-state index in [0.717, 1.165) is 19.3 Å². The van der Waals surface area contributed by atoms with Gasteiger partial charge in [-0.05, 0) is 25.0 Å². The van der Waals surface area contributed by atoms with Crippen molar-refractivity contribution in [1.29, 1.82) is 5.41 Å². The average molecular weight is 290 g/mol. The normalized spacial score (nSPS) is 16.8. The van der Waals surface area contributed by atoms with Gasteiger partial charge in [0.25, 0.3) is 0 Å². The number of ether oxygens (including phenoxy) is 1. The Kier molecular flexibility index (Phi) is 4.67. The molecule has 5 N–H and O–H groups in total. The van der Waals surface area contributed by atoms with Crippen LogP contribution in [0.15, 0.2) is 24.3 Å². The average Bonchev–Trinajstić information content (AvgIpc) is 2.48. The summed E-state index contributed by atoms with van der Waals surface area (Å²) < 4.78 is 5.12. The SMILES string of the molecule is COc1cccc(NC(=O)NC2(C(=N)N)CCCCC2)c1. The smallest absolute Gasteiger partial charge is 0.320 e. The minimum atomic E-state index is -0.707. The highest BCUT2D eigenvalue weighted by atomic mass is 16.5. The summed E-state index contributed by atoms with van der Waals surface area (Å²) in [6, 6.07) is 6.78. The molecule has 0 heterocycles. The molecule has 1 aliphatic rings. The topological polar surface area (TPSA) is 100 Å². The molecular formula is C15H22N4O2. The van der Waals surface area contributed by atoms with E-state index < -0.39 is 5.54 Å². The number of carbonyl (C=O) groups is 1. The lowest BCUT2D eigenvalue weighted by Crippen LogP contribution is -2.59. The summed E-state index contributed by atoms with van der Waals surface area (Å²) in [5.41, 5.74) is 5.64. The van der Waals surface area contributed by atoms with Crippen LogP contribution < -0.4 is 21.1 Å². The third-order valence-corrected chi connectivity index (χ3v) is 3.90. The van der Waals surface area contributed by atoms with Crippen molar-refractivity contribution >= 4 is 17.6 Å². The van der Waals surface area contributed by atoms with E-state index in [1.165, 1.54) is 0 Å². The van der Waals surface area contributed by atoms with Crippen molar-refractivity contribution in [3.8, 4) is 5.75 Å². The third-order valence-electron chi connectivity index (χ3n) is 3.90. The molecule has 1 saturated carbocycles. The van der Waals surface area contributed by atoms with Crippen molar-refractivity contribution in [3.63, 3.8) is 0 Å². The van der Waals surface area contributed by atoms with E-state index in [-0.39, 0.29) is 11.9 Å². The summed E-state index contributed by atoms with van der Waals surface area (Å²) in [5.74, 6) is 0.703. The molecule has 1 fully saturated rings. The van der Waals surface area contributed by atoms with Crippen molar-refractivity contribution in [2.75, 3.05) is 12.4 Å². The fourth-order valence-electron chi connectivity index (χ4n) is 2.70. The molecule has 1 aromatic carbocycles. The second-order valence-electron chi connectivity index (χ2n) is 5.37. The standard InChI is InChI=1S/C15H22N4O2/c1-21-12-7-5-6-11(10-12)18-14(20)19-15(13(16)17)8-3-2-4-9-15/h5-7,10H,2-4,8-9H2,1H3,(H3,16,17)(H2,18,19,20). The lowest BCUT2D eigenvalue weighted by atomic mass is 9.81. The summed E-state index contributed by atoms with van der Waals surface area (Å²) in [6.07, 6.45) is 4.49. The minimum Gasteiger partial charge on any atom is -0.497 e. The van der Waals surface area contributed by atoms with Gasteiger partial charge in [-0.15, -0.1) is 0 Å². The van der Waals surface area contributed by atoms with Gasteiger partial charge in [-0.1, -0.05) is 25.3 Å². The van der Waals surface area contributed by atoms with E-state index in [0.29, 0.717) is 24.3 Å². The van der Waals surface area contributed by atoms with Crippen LogP contribution in [0.4, 0.5) is 10.5 Å². The van der Waals surface area contributed by atoms with Gasteiger partial charge in [0.1, 0.15) is 11.6 Å². The highest BCUT2D eigenvalue weighted by Gasteiger charge is 2.36. The Hall–Kier alpha value is -2.24. The molecular weight excluding hydrogens is 268 g/mol. The van der Waals surface area contributed by atoms with E-state index in [2.05, 4.69) is 10.6 Å². The van der Waals surface area contributed by atoms with Crippen LogP contribution in [-0.2, 0) is 0 Å². The Balaban J connectivity index is 2.03. The van der Waals surface area contributed by atoms with Crippen LogP contribution in [0.3, 0.4) is 0 Å². The van der Waals surface area contributed by atoms with Gasteiger partial charge in [-0.2, -0.15) is 0 Å². The molecule has 21 heavy (non-hydrogen) atoms. The van der Waals surface area contributed by atoms with E-state index in [1.807, 2.05) is 0 Å². The van der Waals surface area contributed by atoms with Crippen LogP contribution in [-0.4, -0.2) is 24.5 Å². The summed E-state index contributed by atoms with van der Waals surface area (Å²) in [5, 5.41) is 13.4. The monoisotopic (exact) mass is 290 g/mol. The highest BCUT2D eigenvalue weighted by molar-refractivity contribution is 5.96. The predicted molar refractivity (Wildman–Crippen MR) is 82.9 cm³/mol. The first-order chi connectivity index (χ1) is 10.1. The molecule has 0 radical (unpaired) electrons. The fourth-order valence-corrected chi connectivity index (χ4v) is 2.70. The molecule has 0 atom stereocenters. The zero-order chi connectivity index (χ0) is 15.3. The summed E-state index contributed by atoms with van der Waals surface area (Å²) >= 11 is 0. The summed E-state index contributed by atoms with van der Waals surface area (Å²) in [4.78, 5) is 12.2. The van der Waals surface area contributed by atoms with Gasteiger partial charge in [0.15, 0.2) is 0 Å². The van der Waals surface area contributed by atoms with Crippen LogP contribution in [0.2, 0.25) is 0 Å². The first-order valence-corrected chi connectivity index (χ1v) is 7.13. The number of hydrogen-bond acceptors (Lipinski definition) is 3. The molecule has 1 aliphatic carbocycles. The maximum absolute atomic E-state index is 12.2. The van der Waals surface area contributed by atoms with Crippen LogP contribution in [0.5, 0.6) is 5.75 Å². The lowest BCUT2D eigenvalue weighted by Gasteiger charge is -2.36. The molecule has 1 aromatic rings. The van der Waals surface area contributed by atoms with Crippen LogP contribution >= 0.6 is 0 Å². The lowest BCUT2D eigenvalue weighted by molar-refractivity contribution is 0.235. The Labute approximate surface area is 124 Å². The van der Waals surface area contributed by atoms with E-state index in [1.54, 1.807) is 31.4 Å². The number of amides is 2. The number of benzene rings is 1. The number of carbonyl (C=O) groups excluding carboxylic acids is 1. The molecule has 0 unspecified atom stereocenters. The summed E-state index contributed by atoms with van der Waals surface area (Å²) in [7, 11) is 1.58. The number of hydrogen-bond donors (Lipinski definition) is 4. The van der Waals surface area contributed by atoms with Crippen LogP contribution in [0.1, 0.15) is 32.1 Å². The van der Waals surface area contributed by atoms with Gasteiger partial charge in [0.05, 0.1) is 12.6 Å². The Bertz CT molecular complexity index is 524. The molecule has 6 heteroatoms. The van der Waals surface area contributed by atoms with Gasteiger partial charge in [-0.25, -0.2) is 4.79 Å². The van der Waals surface area contributed by atoms with E-state index in [9.17, 15) is 4.79 Å². The molecule has 2 rings (SSSR count). The quantitative estimate of drug-likeness (QED) is 0.506. The minimum absolute atomic E-state index is 0.0305. The van der Waals surface area contributed by atoms with Crippen molar-refractivity contribution < 1.29 is 9.53 Å². The van der Waals surface area contributed by atoms with Crippen molar-refractivity contribution in [1.82, 2.24) is 5.32 Å². The number of nitrogens with two attached hydrogens (primary N) is 1. The summed E-state index contributed by atoms with van der Waals surface area (Å²) in [6.45, 7) is 0. The van der Waals surface area contributed by atoms with E-state index >= 15 is 0 Å². The molecule has 0 aliphatic heterocycles. The Morgan fingerprint density at radius 2 is 2.05 bits per heavy atom. The zero-order valence-electron chi connectivity index (χ0n) is 12.2. The van der Waals surface area contributed by atoms with Crippen molar-refractivity contribution in [3.05, 3.63) is 24.3 Å². The van der Waals surface area contributed by atoms with Gasteiger partial charge in [0.2, 0.25) is 0 Å². The van der Waals surface area contributed by atoms with Gasteiger partial charge >= 0.3 is 6.03 Å². The van der Waals surface area contributed by atoms with Gasteiger partial charge in [-0.3, -0.25) is 5.41 Å². The molecule has 0 saturated heterocycles. The second kappa shape index (κ2) is 6.47. The fraction of sp³-hybridized carbons (Fsp3) is 0.467. The Morgan fingerprint density at radius 3 is 2.67 bits per heavy atom. The number of urea groups is 1. The number of methoxy groups -OCH3 is 1. The van der Waals surface area contributed by atoms with Gasteiger partial charge in [0, 0.05) is 11.8 Å². The number of nitrogens with one attached hydrogen (secondary N) is 3. The first kappa shape index (κ1) is 15.2. The number of amidine groups is 1. The molecule has 2 amide bonds. The largest absolute Gasteiger partial charge is 0.497 e. The van der Waals surface area contributed by atoms with Crippen LogP contribution in [0, 0.1) is 5.41 Å². The first-order valence-electron chi connectivity index (χ1n) is 7.13. The molecule has 0 spiro atoms. The number of rotatable bonds is 4. The molecule has 0 aromatic heterocycles. The van der Waals surface area contributed by atoms with Crippen LogP contribution in [0.25, 0.3) is 0 Å². The third kappa shape index (κ3) is 3.65. The maximum Gasteiger partial charge on any atom is 0.320 e. The molecule has 114 valence electrons. The second-order valence-corrected chi connectivity index (χ2v) is 5.37. The number of anilines is 1. The molecule has 0 bridgehead atoms. The predicted octanol–water partition coefficient (Wildman–Crippen LogP) is 2.46. The zero-order valence-corrected chi connectivity index (χ0v) is 12.2. The Morgan fingerprint density at radius 1 is 1.33 bits per heavy atom.